The molecule has 162 valence electrons. The summed E-state index contributed by atoms with van der Waals surface area (Å²) in [6, 6.07) is 33.8. The van der Waals surface area contributed by atoms with Crippen molar-refractivity contribution in [3.8, 4) is 11.5 Å². The van der Waals surface area contributed by atoms with Crippen molar-refractivity contribution in [2.45, 2.75) is 9.79 Å². The molecule has 0 amide bonds. The van der Waals surface area contributed by atoms with Gasteiger partial charge in [-0.1, -0.05) is 12.1 Å². The summed E-state index contributed by atoms with van der Waals surface area (Å²) in [6.45, 7) is 0. The van der Waals surface area contributed by atoms with Crippen molar-refractivity contribution in [3.63, 3.8) is 0 Å². The van der Waals surface area contributed by atoms with Gasteiger partial charge in [-0.15, -0.1) is 0 Å². The molecule has 4 nitrogen and oxygen atoms in total. The molecule has 0 unspecified atom stereocenters. The molecular formula is C24H26O4S2Zr. The summed E-state index contributed by atoms with van der Waals surface area (Å²) in [5.41, 5.74) is 0. The molecule has 2 N–H and O–H groups in total. The molecule has 0 spiro atoms. The van der Waals surface area contributed by atoms with Gasteiger partial charge in [0, 0.05) is 33.9 Å². The van der Waals surface area contributed by atoms with E-state index in [1.165, 1.54) is 24.1 Å². The van der Waals surface area contributed by atoms with Gasteiger partial charge in [-0.25, -0.2) is 24.3 Å². The summed E-state index contributed by atoms with van der Waals surface area (Å²) in [4.78, 5) is 1.81. The van der Waals surface area contributed by atoms with Crippen molar-refractivity contribution in [1.82, 2.24) is 0 Å². The van der Waals surface area contributed by atoms with Crippen molar-refractivity contribution < 1.29 is 44.8 Å². The fourth-order valence-corrected chi connectivity index (χ4v) is 2.90. The van der Waals surface area contributed by atoms with E-state index in [0.717, 1.165) is 9.79 Å². The smallest absolute Gasteiger partial charge is 0.508 e. The molecular weight excluding hydrogens is 508 g/mol. The first-order chi connectivity index (χ1) is 14.7. The van der Waals surface area contributed by atoms with Crippen LogP contribution in [0.1, 0.15) is 0 Å². The third-order valence-corrected chi connectivity index (χ3v) is 4.33. The maximum atomic E-state index is 8.97. The molecule has 0 aliphatic heterocycles. The molecule has 0 saturated heterocycles. The van der Waals surface area contributed by atoms with E-state index in [4.69, 9.17) is 18.6 Å². The second-order valence-electron chi connectivity index (χ2n) is 5.42. The Bertz CT molecular complexity index is 761. The third-order valence-electron chi connectivity index (χ3n) is 3.11. The minimum Gasteiger partial charge on any atom is -0.508 e. The Hall–Kier alpha value is -1.76. The first-order valence-electron chi connectivity index (χ1n) is 8.98. The van der Waals surface area contributed by atoms with Gasteiger partial charge in [0.05, 0.1) is 14.2 Å². The van der Waals surface area contributed by atoms with E-state index in [0.29, 0.717) is 0 Å². The summed E-state index contributed by atoms with van der Waals surface area (Å²) < 4.78 is 9.58. The minimum absolute atomic E-state index is 0. The Kier molecular flexibility index (Phi) is 19.0. The van der Waals surface area contributed by atoms with Gasteiger partial charge in [-0.2, -0.15) is 36.4 Å². The predicted octanol–water partition coefficient (Wildman–Crippen LogP) is 6.90. The Morgan fingerprint density at radius 1 is 0.613 bits per heavy atom. The van der Waals surface area contributed by atoms with Crippen molar-refractivity contribution in [2.75, 3.05) is 14.2 Å². The van der Waals surface area contributed by atoms with Gasteiger partial charge in [0.15, 0.2) is 0 Å². The SMILES string of the molecule is COSc1cccc(O)c1.COSc1cccc(O)c1.[Zr+2].c1cc[cH-]c1.c1cc[cH-]c1. The molecule has 4 rings (SSSR count). The molecule has 0 heterocycles. The van der Waals surface area contributed by atoms with Gasteiger partial charge < -0.3 is 18.6 Å². The van der Waals surface area contributed by atoms with Crippen LogP contribution in [0.3, 0.4) is 0 Å². The summed E-state index contributed by atoms with van der Waals surface area (Å²) >= 11 is 2.46. The quantitative estimate of drug-likeness (QED) is 0.220. The van der Waals surface area contributed by atoms with Crippen molar-refractivity contribution in [3.05, 3.63) is 109 Å². The summed E-state index contributed by atoms with van der Waals surface area (Å²) in [7, 11) is 3.18. The molecule has 0 radical (unpaired) electrons. The summed E-state index contributed by atoms with van der Waals surface area (Å²) in [5.74, 6) is 0.532. The maximum absolute atomic E-state index is 8.97. The van der Waals surface area contributed by atoms with Crippen molar-refractivity contribution in [1.29, 1.82) is 0 Å². The van der Waals surface area contributed by atoms with E-state index in [-0.39, 0.29) is 37.7 Å². The maximum Gasteiger partial charge on any atom is 2.00 e. The Balaban J connectivity index is 0.000000401. The second kappa shape index (κ2) is 20.2. The van der Waals surface area contributed by atoms with Gasteiger partial charge in [-0.3, -0.25) is 0 Å². The largest absolute Gasteiger partial charge is 2.00 e. The van der Waals surface area contributed by atoms with E-state index in [9.17, 15) is 0 Å². The number of benzene rings is 2. The van der Waals surface area contributed by atoms with Gasteiger partial charge >= 0.3 is 26.2 Å². The Labute approximate surface area is 212 Å². The number of rotatable bonds is 4. The number of hydrogen-bond acceptors (Lipinski definition) is 6. The summed E-state index contributed by atoms with van der Waals surface area (Å²) in [6.07, 6.45) is 0. The van der Waals surface area contributed by atoms with Crippen LogP contribution >= 0.6 is 24.1 Å². The fourth-order valence-electron chi connectivity index (χ4n) is 1.90. The first kappa shape index (κ1) is 29.2. The number of phenols is 2. The molecule has 0 aliphatic carbocycles. The number of hydrogen-bond donors (Lipinski definition) is 2. The van der Waals surface area contributed by atoms with Crippen LogP contribution in [0.15, 0.2) is 119 Å². The van der Waals surface area contributed by atoms with E-state index >= 15 is 0 Å². The molecule has 4 aromatic carbocycles. The van der Waals surface area contributed by atoms with E-state index in [1.54, 1.807) is 50.6 Å². The van der Waals surface area contributed by atoms with Crippen LogP contribution in [0.25, 0.3) is 0 Å². The van der Waals surface area contributed by atoms with Crippen LogP contribution in [0.5, 0.6) is 11.5 Å². The first-order valence-corrected chi connectivity index (χ1v) is 10.5. The normalized spacial score (nSPS) is 8.84. The Morgan fingerprint density at radius 2 is 0.968 bits per heavy atom. The zero-order valence-corrected chi connectivity index (χ0v) is 21.5. The van der Waals surface area contributed by atoms with E-state index in [2.05, 4.69) is 0 Å². The number of phenolic OH excluding ortho intramolecular Hbond substituents is 2. The third kappa shape index (κ3) is 16.6. The molecule has 0 bridgehead atoms. The van der Waals surface area contributed by atoms with Gasteiger partial charge in [-0.05, 0) is 36.4 Å². The van der Waals surface area contributed by atoms with Crippen LogP contribution in [0.4, 0.5) is 0 Å². The molecule has 0 atom stereocenters. The van der Waals surface area contributed by atoms with E-state index < -0.39 is 0 Å². The minimum atomic E-state index is 0. The predicted molar refractivity (Wildman–Crippen MR) is 126 cm³/mol. The van der Waals surface area contributed by atoms with E-state index in [1.807, 2.05) is 72.8 Å². The van der Waals surface area contributed by atoms with Crippen LogP contribution in [-0.4, -0.2) is 24.4 Å². The monoisotopic (exact) mass is 532 g/mol. The zero-order valence-electron chi connectivity index (χ0n) is 17.4. The van der Waals surface area contributed by atoms with Gasteiger partial charge in [0.25, 0.3) is 0 Å². The number of aromatic hydroxyl groups is 2. The molecule has 4 aromatic rings. The van der Waals surface area contributed by atoms with Crippen LogP contribution in [-0.2, 0) is 34.6 Å². The molecule has 31 heavy (non-hydrogen) atoms. The zero-order chi connectivity index (χ0) is 21.9. The molecule has 7 heteroatoms. The van der Waals surface area contributed by atoms with Crippen LogP contribution < -0.4 is 0 Å². The average Bonchev–Trinajstić information content (AvgIpc) is 3.48. The van der Waals surface area contributed by atoms with Crippen LogP contribution in [0.2, 0.25) is 0 Å². The second-order valence-corrected chi connectivity index (χ2v) is 7.36. The standard InChI is InChI=1S/2C7H8O2S.2C5H5.Zr/c2*1-9-10-7-4-2-3-6(8)5-7;2*1-2-4-5-3-1;/h2*2-5,8H,1H3;2*1-5H;/q;;2*-1;+2. The molecule has 0 fully saturated rings. The van der Waals surface area contributed by atoms with Gasteiger partial charge in [0.1, 0.15) is 11.5 Å². The van der Waals surface area contributed by atoms with Crippen LogP contribution in [0, 0.1) is 0 Å². The molecule has 0 aliphatic rings. The fraction of sp³-hybridized carbons (Fsp3) is 0.0833. The van der Waals surface area contributed by atoms with Crippen molar-refractivity contribution >= 4 is 24.1 Å². The Morgan fingerprint density at radius 3 is 1.19 bits per heavy atom. The topological polar surface area (TPSA) is 58.9 Å². The van der Waals surface area contributed by atoms with Crippen molar-refractivity contribution in [2.24, 2.45) is 0 Å². The molecule has 0 saturated carbocycles. The average molecular weight is 534 g/mol. The summed E-state index contributed by atoms with van der Waals surface area (Å²) in [5, 5.41) is 17.9. The van der Waals surface area contributed by atoms with Gasteiger partial charge in [0.2, 0.25) is 0 Å². The molecule has 0 aromatic heterocycles.